The Hall–Kier alpha value is -1.11. The molecule has 25 heavy (non-hydrogen) atoms. The van der Waals surface area contributed by atoms with Gasteiger partial charge in [0.1, 0.15) is 12.4 Å². The fraction of sp³-hybridized carbons (Fsp3) is 0.684. The Kier molecular flexibility index (Phi) is 4.54. The SMILES string of the molecule is C[C@H]1COc2ccc(CN(C3CC3)S(C)(=O)=O)cc2CN1C1CCC1. The minimum Gasteiger partial charge on any atom is -0.492 e. The number of fused-ring (bicyclic) bond motifs is 1. The summed E-state index contributed by atoms with van der Waals surface area (Å²) in [5.41, 5.74) is 2.25. The molecular weight excluding hydrogens is 336 g/mol. The molecule has 3 aliphatic rings. The molecule has 138 valence electrons. The molecule has 1 atom stereocenters. The molecule has 0 radical (unpaired) electrons. The Morgan fingerprint density at radius 1 is 1.24 bits per heavy atom. The summed E-state index contributed by atoms with van der Waals surface area (Å²) in [6.45, 7) is 4.33. The van der Waals surface area contributed by atoms with Crippen molar-refractivity contribution in [2.24, 2.45) is 0 Å². The number of sulfonamides is 1. The van der Waals surface area contributed by atoms with Crippen molar-refractivity contribution in [1.29, 1.82) is 0 Å². The lowest BCUT2D eigenvalue weighted by atomic mass is 9.90. The number of hydrogen-bond acceptors (Lipinski definition) is 4. The van der Waals surface area contributed by atoms with Gasteiger partial charge in [-0.3, -0.25) is 4.90 Å². The summed E-state index contributed by atoms with van der Waals surface area (Å²) < 4.78 is 31.8. The fourth-order valence-corrected chi connectivity index (χ4v) is 5.06. The van der Waals surface area contributed by atoms with Crippen LogP contribution in [-0.2, 0) is 23.1 Å². The van der Waals surface area contributed by atoms with Gasteiger partial charge in [-0.2, -0.15) is 4.31 Å². The van der Waals surface area contributed by atoms with Crippen molar-refractivity contribution < 1.29 is 13.2 Å². The molecule has 2 saturated carbocycles. The van der Waals surface area contributed by atoms with Gasteiger partial charge in [-0.15, -0.1) is 0 Å². The third-order valence-electron chi connectivity index (χ3n) is 5.79. The lowest BCUT2D eigenvalue weighted by Crippen LogP contribution is -2.46. The largest absolute Gasteiger partial charge is 0.492 e. The van der Waals surface area contributed by atoms with Crippen LogP contribution in [0.15, 0.2) is 18.2 Å². The second-order valence-electron chi connectivity index (χ2n) is 7.90. The van der Waals surface area contributed by atoms with E-state index in [0.717, 1.165) is 37.3 Å². The van der Waals surface area contributed by atoms with Gasteiger partial charge in [0.2, 0.25) is 10.0 Å². The first kappa shape index (κ1) is 17.3. The number of nitrogens with zero attached hydrogens (tertiary/aromatic N) is 2. The predicted octanol–water partition coefficient (Wildman–Crippen LogP) is 2.75. The van der Waals surface area contributed by atoms with Crippen LogP contribution < -0.4 is 4.74 Å². The molecule has 6 heteroatoms. The second kappa shape index (κ2) is 6.56. The van der Waals surface area contributed by atoms with E-state index in [0.29, 0.717) is 18.6 Å². The molecule has 1 heterocycles. The first-order valence-corrected chi connectivity index (χ1v) is 11.2. The van der Waals surface area contributed by atoms with Crippen molar-refractivity contribution in [1.82, 2.24) is 9.21 Å². The minimum atomic E-state index is -3.16. The van der Waals surface area contributed by atoms with E-state index in [9.17, 15) is 8.42 Å². The molecule has 1 aromatic rings. The first-order chi connectivity index (χ1) is 11.9. The number of hydrogen-bond donors (Lipinski definition) is 0. The summed E-state index contributed by atoms with van der Waals surface area (Å²) in [5, 5.41) is 0. The van der Waals surface area contributed by atoms with Gasteiger partial charge in [-0.05, 0) is 50.3 Å². The maximum Gasteiger partial charge on any atom is 0.211 e. The summed E-state index contributed by atoms with van der Waals surface area (Å²) in [6.07, 6.45) is 7.16. The average Bonchev–Trinajstić information content (AvgIpc) is 3.32. The van der Waals surface area contributed by atoms with Crippen molar-refractivity contribution in [3.05, 3.63) is 29.3 Å². The second-order valence-corrected chi connectivity index (χ2v) is 9.83. The van der Waals surface area contributed by atoms with Crippen LogP contribution >= 0.6 is 0 Å². The number of benzene rings is 1. The highest BCUT2D eigenvalue weighted by atomic mass is 32.2. The average molecular weight is 365 g/mol. The fourth-order valence-electron chi connectivity index (χ4n) is 3.92. The van der Waals surface area contributed by atoms with Crippen molar-refractivity contribution >= 4 is 10.0 Å². The van der Waals surface area contributed by atoms with E-state index in [2.05, 4.69) is 17.9 Å². The Labute approximate surface area is 151 Å². The molecule has 1 aliphatic heterocycles. The van der Waals surface area contributed by atoms with E-state index in [1.807, 2.05) is 12.1 Å². The Balaban J connectivity index is 1.56. The molecule has 2 fully saturated rings. The lowest BCUT2D eigenvalue weighted by molar-refractivity contribution is 0.0649. The molecular formula is C19H28N2O3S. The van der Waals surface area contributed by atoms with Gasteiger partial charge in [0, 0.05) is 36.8 Å². The van der Waals surface area contributed by atoms with Crippen LogP contribution in [0.4, 0.5) is 0 Å². The molecule has 0 unspecified atom stereocenters. The van der Waals surface area contributed by atoms with Crippen molar-refractivity contribution in [2.45, 2.75) is 70.2 Å². The van der Waals surface area contributed by atoms with E-state index >= 15 is 0 Å². The highest BCUT2D eigenvalue weighted by Crippen LogP contribution is 2.34. The Morgan fingerprint density at radius 3 is 2.60 bits per heavy atom. The van der Waals surface area contributed by atoms with Gasteiger partial charge in [-0.1, -0.05) is 12.5 Å². The van der Waals surface area contributed by atoms with Crippen LogP contribution in [0.1, 0.15) is 50.2 Å². The molecule has 5 nitrogen and oxygen atoms in total. The summed E-state index contributed by atoms with van der Waals surface area (Å²) in [4.78, 5) is 2.56. The molecule has 2 aliphatic carbocycles. The summed E-state index contributed by atoms with van der Waals surface area (Å²) in [7, 11) is -3.16. The maximum atomic E-state index is 12.1. The highest BCUT2D eigenvalue weighted by molar-refractivity contribution is 7.88. The van der Waals surface area contributed by atoms with Crippen LogP contribution in [0.3, 0.4) is 0 Å². The Morgan fingerprint density at radius 2 is 2.00 bits per heavy atom. The van der Waals surface area contributed by atoms with Gasteiger partial charge < -0.3 is 4.74 Å². The third-order valence-corrected chi connectivity index (χ3v) is 7.07. The zero-order valence-corrected chi connectivity index (χ0v) is 16.0. The standard InChI is InChI=1S/C19H28N2O3S/c1-14-13-24-19-9-6-15(11-21(18-7-8-18)25(2,22)23)10-16(19)12-20(14)17-4-3-5-17/h6,9-10,14,17-18H,3-5,7-8,11-13H2,1-2H3/t14-/m0/s1. The van der Waals surface area contributed by atoms with E-state index in [4.69, 9.17) is 4.74 Å². The van der Waals surface area contributed by atoms with Crippen LogP contribution in [0.5, 0.6) is 5.75 Å². The van der Waals surface area contributed by atoms with E-state index in [1.54, 1.807) is 4.31 Å². The minimum absolute atomic E-state index is 0.191. The number of rotatable bonds is 5. The smallest absolute Gasteiger partial charge is 0.211 e. The molecule has 0 spiro atoms. The summed E-state index contributed by atoms with van der Waals surface area (Å²) >= 11 is 0. The molecule has 0 N–H and O–H groups in total. The third kappa shape index (κ3) is 3.71. The molecule has 0 saturated heterocycles. The highest BCUT2D eigenvalue weighted by Gasteiger charge is 2.35. The molecule has 0 amide bonds. The Bertz CT molecular complexity index is 741. The van der Waals surface area contributed by atoms with Crippen LogP contribution in [0.2, 0.25) is 0 Å². The first-order valence-electron chi connectivity index (χ1n) is 9.39. The van der Waals surface area contributed by atoms with Crippen LogP contribution in [0, 0.1) is 0 Å². The van der Waals surface area contributed by atoms with Crippen molar-refractivity contribution in [2.75, 3.05) is 12.9 Å². The summed E-state index contributed by atoms with van der Waals surface area (Å²) in [5.74, 6) is 0.953. The monoisotopic (exact) mass is 364 g/mol. The van der Waals surface area contributed by atoms with Crippen molar-refractivity contribution in [3.8, 4) is 5.75 Å². The molecule has 4 rings (SSSR count). The van der Waals surface area contributed by atoms with Gasteiger partial charge in [0.15, 0.2) is 0 Å². The van der Waals surface area contributed by atoms with Gasteiger partial charge >= 0.3 is 0 Å². The predicted molar refractivity (Wildman–Crippen MR) is 98.0 cm³/mol. The molecule has 0 bridgehead atoms. The van der Waals surface area contributed by atoms with E-state index < -0.39 is 10.0 Å². The summed E-state index contributed by atoms with van der Waals surface area (Å²) in [6, 6.07) is 7.47. The van der Waals surface area contributed by atoms with Gasteiger partial charge in [-0.25, -0.2) is 8.42 Å². The van der Waals surface area contributed by atoms with Gasteiger partial charge in [0.25, 0.3) is 0 Å². The van der Waals surface area contributed by atoms with E-state index in [-0.39, 0.29) is 6.04 Å². The van der Waals surface area contributed by atoms with Crippen LogP contribution in [-0.4, -0.2) is 48.6 Å². The molecule has 0 aromatic heterocycles. The van der Waals surface area contributed by atoms with Gasteiger partial charge in [0.05, 0.1) is 6.26 Å². The van der Waals surface area contributed by atoms with Crippen LogP contribution in [0.25, 0.3) is 0 Å². The maximum absolute atomic E-state index is 12.1. The number of ether oxygens (including phenoxy) is 1. The lowest BCUT2D eigenvalue weighted by Gasteiger charge is -2.40. The quantitative estimate of drug-likeness (QED) is 0.806. The van der Waals surface area contributed by atoms with E-state index in [1.165, 1.54) is 31.1 Å². The zero-order chi connectivity index (χ0) is 17.6. The normalized spacial score (nSPS) is 25.2. The molecule has 1 aromatic carbocycles. The zero-order valence-electron chi connectivity index (χ0n) is 15.1. The van der Waals surface area contributed by atoms with Crippen molar-refractivity contribution in [3.63, 3.8) is 0 Å². The topological polar surface area (TPSA) is 49.9 Å².